The van der Waals surface area contributed by atoms with Gasteiger partial charge in [-0.05, 0) is 25.0 Å². The van der Waals surface area contributed by atoms with Gasteiger partial charge in [0.1, 0.15) is 17.9 Å². The van der Waals surface area contributed by atoms with E-state index < -0.39 is 0 Å². The standard InChI is InChI=1S/C15H16N6O/c16-6-10-1-2-14(19-8-10)20-11-5-13(18-9-11)15(22)21-4-3-12(21)7-17/h1-2,8,11-13,18H,3-5,9H2,(H,19,20)/t11-,12-,13-/m0/s1. The first-order valence-corrected chi connectivity index (χ1v) is 7.27. The first kappa shape index (κ1) is 14.3. The minimum atomic E-state index is -0.262. The topological polar surface area (TPSA) is 105 Å². The van der Waals surface area contributed by atoms with E-state index in [0.717, 1.165) is 6.42 Å². The number of nitrogens with zero attached hydrogens (tertiary/aromatic N) is 4. The summed E-state index contributed by atoms with van der Waals surface area (Å²) in [4.78, 5) is 18.1. The number of amides is 1. The van der Waals surface area contributed by atoms with E-state index in [1.165, 1.54) is 6.20 Å². The van der Waals surface area contributed by atoms with E-state index in [2.05, 4.69) is 21.7 Å². The number of nitriles is 2. The van der Waals surface area contributed by atoms with Crippen LogP contribution in [0.1, 0.15) is 18.4 Å². The summed E-state index contributed by atoms with van der Waals surface area (Å²) >= 11 is 0. The van der Waals surface area contributed by atoms with Gasteiger partial charge in [-0.2, -0.15) is 10.5 Å². The van der Waals surface area contributed by atoms with Crippen LogP contribution in [0.15, 0.2) is 18.3 Å². The number of hydrogen-bond donors (Lipinski definition) is 2. The van der Waals surface area contributed by atoms with Crippen molar-refractivity contribution >= 4 is 11.7 Å². The largest absolute Gasteiger partial charge is 0.366 e. The second-order valence-corrected chi connectivity index (χ2v) is 5.55. The summed E-state index contributed by atoms with van der Waals surface area (Å²) in [5.74, 6) is 0.702. The molecule has 7 nitrogen and oxygen atoms in total. The van der Waals surface area contributed by atoms with Gasteiger partial charge < -0.3 is 15.5 Å². The average Bonchev–Trinajstić information content (AvgIpc) is 2.96. The Hall–Kier alpha value is -2.64. The van der Waals surface area contributed by atoms with Crippen LogP contribution in [-0.4, -0.2) is 47.0 Å². The lowest BCUT2D eigenvalue weighted by Crippen LogP contribution is -2.55. The van der Waals surface area contributed by atoms with Gasteiger partial charge in [0.25, 0.3) is 0 Å². The lowest BCUT2D eigenvalue weighted by molar-refractivity contribution is -0.138. The van der Waals surface area contributed by atoms with Crippen molar-refractivity contribution in [3.63, 3.8) is 0 Å². The van der Waals surface area contributed by atoms with Crippen molar-refractivity contribution in [2.75, 3.05) is 18.4 Å². The van der Waals surface area contributed by atoms with Crippen LogP contribution in [0.5, 0.6) is 0 Å². The van der Waals surface area contributed by atoms with Gasteiger partial charge >= 0.3 is 0 Å². The van der Waals surface area contributed by atoms with Gasteiger partial charge in [0, 0.05) is 25.3 Å². The third-order valence-electron chi connectivity index (χ3n) is 4.13. The number of nitrogens with one attached hydrogen (secondary N) is 2. The zero-order valence-corrected chi connectivity index (χ0v) is 12.0. The molecule has 0 radical (unpaired) electrons. The fraction of sp³-hybridized carbons (Fsp3) is 0.467. The van der Waals surface area contributed by atoms with Crippen LogP contribution in [0.4, 0.5) is 5.82 Å². The van der Waals surface area contributed by atoms with Crippen molar-refractivity contribution in [2.45, 2.75) is 31.0 Å². The number of likely N-dealkylation sites (tertiary alicyclic amines) is 1. The molecular weight excluding hydrogens is 280 g/mol. The maximum atomic E-state index is 12.3. The molecule has 0 aliphatic carbocycles. The molecule has 112 valence electrons. The van der Waals surface area contributed by atoms with Crippen LogP contribution in [0.25, 0.3) is 0 Å². The zero-order chi connectivity index (χ0) is 15.5. The van der Waals surface area contributed by atoms with E-state index in [0.29, 0.717) is 30.9 Å². The summed E-state index contributed by atoms with van der Waals surface area (Å²) in [6, 6.07) is 7.24. The highest BCUT2D eigenvalue weighted by Crippen LogP contribution is 2.21. The Bertz CT molecular complexity index is 643. The number of anilines is 1. The van der Waals surface area contributed by atoms with Gasteiger partial charge in [-0.25, -0.2) is 4.98 Å². The fourth-order valence-electron chi connectivity index (χ4n) is 2.77. The summed E-state index contributed by atoms with van der Waals surface area (Å²) in [6.07, 6.45) is 2.95. The maximum Gasteiger partial charge on any atom is 0.240 e. The molecule has 3 atom stereocenters. The molecule has 1 aromatic heterocycles. The summed E-state index contributed by atoms with van der Waals surface area (Å²) in [5, 5.41) is 24.1. The third kappa shape index (κ3) is 2.72. The Labute approximate surface area is 128 Å². The zero-order valence-electron chi connectivity index (χ0n) is 12.0. The fourth-order valence-corrected chi connectivity index (χ4v) is 2.77. The molecule has 1 aromatic rings. The molecular formula is C15H16N6O. The summed E-state index contributed by atoms with van der Waals surface area (Å²) < 4.78 is 0. The minimum Gasteiger partial charge on any atom is -0.366 e. The Kier molecular flexibility index (Phi) is 3.90. The Morgan fingerprint density at radius 2 is 2.32 bits per heavy atom. The van der Waals surface area contributed by atoms with Crippen LogP contribution in [0, 0.1) is 22.7 Å². The second-order valence-electron chi connectivity index (χ2n) is 5.55. The number of hydrogen-bond acceptors (Lipinski definition) is 6. The lowest BCUT2D eigenvalue weighted by atomic mass is 10.0. The SMILES string of the molecule is N#Cc1ccc(N[C@@H]2CN[C@H](C(=O)N3CC[C@H]3C#N)C2)nc1. The van der Waals surface area contributed by atoms with Crippen LogP contribution in [0.2, 0.25) is 0 Å². The van der Waals surface area contributed by atoms with Gasteiger partial charge in [-0.3, -0.25) is 4.79 Å². The molecule has 0 spiro atoms. The quantitative estimate of drug-likeness (QED) is 0.826. The van der Waals surface area contributed by atoms with Gasteiger partial charge in [0.2, 0.25) is 5.91 Å². The molecule has 3 rings (SSSR count). The molecule has 2 N–H and O–H groups in total. The van der Waals surface area contributed by atoms with E-state index in [4.69, 9.17) is 10.5 Å². The highest BCUT2D eigenvalue weighted by Gasteiger charge is 2.39. The molecule has 2 aliphatic heterocycles. The lowest BCUT2D eigenvalue weighted by Gasteiger charge is -2.38. The molecule has 0 aromatic carbocycles. The first-order chi connectivity index (χ1) is 10.7. The van der Waals surface area contributed by atoms with Crippen molar-refractivity contribution < 1.29 is 4.79 Å². The van der Waals surface area contributed by atoms with E-state index in [1.807, 2.05) is 6.07 Å². The number of rotatable bonds is 3. The highest BCUT2D eigenvalue weighted by atomic mass is 16.2. The van der Waals surface area contributed by atoms with Crippen LogP contribution >= 0.6 is 0 Å². The normalized spacial score (nSPS) is 26.6. The van der Waals surface area contributed by atoms with E-state index in [9.17, 15) is 4.79 Å². The van der Waals surface area contributed by atoms with Crippen molar-refractivity contribution in [3.05, 3.63) is 23.9 Å². The van der Waals surface area contributed by atoms with Crippen LogP contribution in [-0.2, 0) is 4.79 Å². The Morgan fingerprint density at radius 3 is 2.91 bits per heavy atom. The number of carbonyl (C=O) groups is 1. The van der Waals surface area contributed by atoms with Crippen molar-refractivity contribution in [3.8, 4) is 12.1 Å². The summed E-state index contributed by atoms with van der Waals surface area (Å²) in [5.41, 5.74) is 0.517. The van der Waals surface area contributed by atoms with E-state index in [1.54, 1.807) is 17.0 Å². The number of aromatic nitrogens is 1. The molecule has 2 aliphatic rings. The van der Waals surface area contributed by atoms with E-state index in [-0.39, 0.29) is 24.0 Å². The van der Waals surface area contributed by atoms with Crippen molar-refractivity contribution in [1.29, 1.82) is 10.5 Å². The summed E-state index contributed by atoms with van der Waals surface area (Å²) in [6.45, 7) is 1.34. The molecule has 3 heterocycles. The maximum absolute atomic E-state index is 12.3. The molecule has 1 amide bonds. The highest BCUT2D eigenvalue weighted by molar-refractivity contribution is 5.83. The minimum absolute atomic E-state index is 0.00916. The van der Waals surface area contributed by atoms with Crippen LogP contribution in [0.3, 0.4) is 0 Å². The second kappa shape index (κ2) is 6.00. The summed E-state index contributed by atoms with van der Waals surface area (Å²) in [7, 11) is 0. The predicted molar refractivity (Wildman–Crippen MR) is 78.5 cm³/mol. The molecule has 2 fully saturated rings. The monoisotopic (exact) mass is 296 g/mol. The van der Waals surface area contributed by atoms with Gasteiger partial charge in [0.15, 0.2) is 0 Å². The molecule has 22 heavy (non-hydrogen) atoms. The average molecular weight is 296 g/mol. The van der Waals surface area contributed by atoms with Gasteiger partial charge in [-0.15, -0.1) is 0 Å². The Balaban J connectivity index is 1.55. The van der Waals surface area contributed by atoms with E-state index >= 15 is 0 Å². The predicted octanol–water partition coefficient (Wildman–Crippen LogP) is 0.220. The molecule has 0 saturated carbocycles. The first-order valence-electron chi connectivity index (χ1n) is 7.27. The van der Waals surface area contributed by atoms with Crippen LogP contribution < -0.4 is 10.6 Å². The Morgan fingerprint density at radius 1 is 1.45 bits per heavy atom. The number of pyridine rings is 1. The third-order valence-corrected chi connectivity index (χ3v) is 4.13. The van der Waals surface area contributed by atoms with Gasteiger partial charge in [-0.1, -0.05) is 0 Å². The van der Waals surface area contributed by atoms with Crippen molar-refractivity contribution in [1.82, 2.24) is 15.2 Å². The molecule has 0 bridgehead atoms. The van der Waals surface area contributed by atoms with Crippen molar-refractivity contribution in [2.24, 2.45) is 0 Å². The molecule has 0 unspecified atom stereocenters. The van der Waals surface area contributed by atoms with Gasteiger partial charge in [0.05, 0.1) is 17.7 Å². The number of carbonyl (C=O) groups excluding carboxylic acids is 1. The molecule has 7 heteroatoms. The molecule has 2 saturated heterocycles. The smallest absolute Gasteiger partial charge is 0.240 e.